The van der Waals surface area contributed by atoms with Gasteiger partial charge in [0.05, 0.1) is 5.92 Å². The summed E-state index contributed by atoms with van der Waals surface area (Å²) in [4.78, 5) is 14.3. The normalized spacial score (nSPS) is 13.5. The van der Waals surface area contributed by atoms with Crippen LogP contribution in [0.1, 0.15) is 76.2 Å². The monoisotopic (exact) mass is 345 g/mol. The average molecular weight is 345 g/mol. The molecule has 1 amide bonds. The van der Waals surface area contributed by atoms with Crippen molar-refractivity contribution in [1.82, 2.24) is 4.90 Å². The van der Waals surface area contributed by atoms with Crippen LogP contribution in [-0.2, 0) is 0 Å². The molecule has 0 N–H and O–H groups in total. The lowest BCUT2D eigenvalue weighted by Crippen LogP contribution is -2.38. The molecule has 2 nitrogen and oxygen atoms in total. The van der Waals surface area contributed by atoms with E-state index in [0.717, 1.165) is 19.8 Å². The number of hydrogen-bond acceptors (Lipinski definition) is 1. The van der Waals surface area contributed by atoms with E-state index in [1.807, 2.05) is 34.6 Å². The van der Waals surface area contributed by atoms with Crippen molar-refractivity contribution in [2.75, 3.05) is 6.54 Å². The molecule has 0 fully saturated rings. The maximum atomic E-state index is 12.7. The zero-order valence-corrected chi connectivity index (χ0v) is 15.6. The van der Waals surface area contributed by atoms with Crippen LogP contribution in [-0.4, -0.2) is 29.6 Å². The minimum absolute atomic E-state index is 0.112. The van der Waals surface area contributed by atoms with E-state index in [1.165, 1.54) is 24.3 Å². The summed E-state index contributed by atoms with van der Waals surface area (Å²) < 4.78 is 38.1. The van der Waals surface area contributed by atoms with Crippen LogP contribution in [0.5, 0.6) is 0 Å². The van der Waals surface area contributed by atoms with Crippen LogP contribution in [0.4, 0.5) is 13.2 Å². The minimum Gasteiger partial charge on any atom is -0.336 e. The Morgan fingerprint density at radius 3 is 1.96 bits per heavy atom. The van der Waals surface area contributed by atoms with Gasteiger partial charge in [-0.1, -0.05) is 39.8 Å². The fraction of sp³-hybridized carbons (Fsp3) is 0.632. The first kappa shape index (κ1) is 22.5. The molecule has 0 spiro atoms. The van der Waals surface area contributed by atoms with Gasteiger partial charge in [0.25, 0.3) is 5.91 Å². The fourth-order valence-electron chi connectivity index (χ4n) is 2.25. The van der Waals surface area contributed by atoms with E-state index >= 15 is 0 Å². The van der Waals surface area contributed by atoms with Gasteiger partial charge < -0.3 is 4.90 Å². The second kappa shape index (κ2) is 10.4. The molecule has 1 aromatic carbocycles. The molecule has 24 heavy (non-hydrogen) atoms. The van der Waals surface area contributed by atoms with Gasteiger partial charge in [0, 0.05) is 18.2 Å². The number of rotatable bonds is 6. The number of carbonyl (C=O) groups excluding carboxylic acids is 1. The van der Waals surface area contributed by atoms with E-state index in [2.05, 4.69) is 0 Å². The number of halogens is 3. The first-order valence-corrected chi connectivity index (χ1v) is 8.69. The molecule has 0 aromatic heterocycles. The summed E-state index contributed by atoms with van der Waals surface area (Å²) in [5.41, 5.74) is 0.613. The van der Waals surface area contributed by atoms with Gasteiger partial charge in [-0.2, -0.15) is 13.2 Å². The standard InChI is InChI=1S/C17H24F3NO.C2H6/c1-5-11-21(12(3)6-2)16(22)15-9-7-14(8-10-15)13(4)17(18,19)20;1-2/h7-10,12-13H,5-6,11H2,1-4H3;1-2H3. The van der Waals surface area contributed by atoms with Crippen LogP contribution in [0.15, 0.2) is 24.3 Å². The molecule has 138 valence electrons. The summed E-state index contributed by atoms with van der Waals surface area (Å²) in [6.45, 7) is 11.8. The third kappa shape index (κ3) is 6.17. The van der Waals surface area contributed by atoms with Gasteiger partial charge in [0.1, 0.15) is 0 Å². The molecule has 1 rings (SSSR count). The number of benzene rings is 1. The average Bonchev–Trinajstić information content (AvgIpc) is 2.59. The highest BCUT2D eigenvalue weighted by Gasteiger charge is 2.37. The van der Waals surface area contributed by atoms with Gasteiger partial charge in [0.15, 0.2) is 0 Å². The molecule has 2 atom stereocenters. The fourth-order valence-corrected chi connectivity index (χ4v) is 2.25. The minimum atomic E-state index is -4.27. The second-order valence-corrected chi connectivity index (χ2v) is 5.64. The van der Waals surface area contributed by atoms with Crippen molar-refractivity contribution in [2.24, 2.45) is 0 Å². The Kier molecular flexibility index (Phi) is 9.71. The lowest BCUT2D eigenvalue weighted by molar-refractivity contribution is -0.146. The smallest absolute Gasteiger partial charge is 0.336 e. The van der Waals surface area contributed by atoms with E-state index in [4.69, 9.17) is 0 Å². The van der Waals surface area contributed by atoms with Crippen LogP contribution in [0.3, 0.4) is 0 Å². The Morgan fingerprint density at radius 1 is 1.08 bits per heavy atom. The molecule has 0 heterocycles. The molecule has 0 aliphatic carbocycles. The van der Waals surface area contributed by atoms with Crippen LogP contribution in [0.2, 0.25) is 0 Å². The predicted molar refractivity (Wildman–Crippen MR) is 93.3 cm³/mol. The number of amides is 1. The van der Waals surface area contributed by atoms with Crippen molar-refractivity contribution in [3.05, 3.63) is 35.4 Å². The Labute approximate surface area is 144 Å². The van der Waals surface area contributed by atoms with E-state index in [9.17, 15) is 18.0 Å². The summed E-state index contributed by atoms with van der Waals surface area (Å²) in [6, 6.07) is 5.88. The molecule has 0 aliphatic heterocycles. The lowest BCUT2D eigenvalue weighted by Gasteiger charge is -2.28. The van der Waals surface area contributed by atoms with E-state index in [-0.39, 0.29) is 17.5 Å². The molecule has 0 bridgehead atoms. The summed E-state index contributed by atoms with van der Waals surface area (Å²) in [5.74, 6) is -1.65. The highest BCUT2D eigenvalue weighted by Crippen LogP contribution is 2.34. The van der Waals surface area contributed by atoms with Gasteiger partial charge in [-0.25, -0.2) is 0 Å². The predicted octanol–water partition coefficient (Wildman–Crippen LogP) is 6.03. The summed E-state index contributed by atoms with van der Waals surface area (Å²) in [7, 11) is 0. The van der Waals surface area contributed by atoms with Gasteiger partial charge in [-0.05, 0) is 44.4 Å². The molecule has 1 aromatic rings. The van der Waals surface area contributed by atoms with Crippen LogP contribution < -0.4 is 0 Å². The molecule has 0 radical (unpaired) electrons. The third-order valence-electron chi connectivity index (χ3n) is 4.00. The maximum Gasteiger partial charge on any atom is 0.395 e. The topological polar surface area (TPSA) is 20.3 Å². The number of alkyl halides is 3. The van der Waals surface area contributed by atoms with Gasteiger partial charge in [0.2, 0.25) is 0 Å². The highest BCUT2D eigenvalue weighted by molar-refractivity contribution is 5.94. The molecular formula is C19H30F3NO. The Morgan fingerprint density at radius 2 is 1.58 bits per heavy atom. The maximum absolute atomic E-state index is 12.7. The quantitative estimate of drug-likeness (QED) is 0.616. The van der Waals surface area contributed by atoms with E-state index in [0.29, 0.717) is 12.1 Å². The van der Waals surface area contributed by atoms with Crippen molar-refractivity contribution in [2.45, 2.75) is 72.5 Å². The van der Waals surface area contributed by atoms with Gasteiger partial charge in [-0.3, -0.25) is 4.79 Å². The van der Waals surface area contributed by atoms with Crippen LogP contribution in [0, 0.1) is 0 Å². The SMILES string of the molecule is CC.CCCN(C(=O)c1ccc(C(C)C(F)(F)F)cc1)C(C)CC. The Hall–Kier alpha value is -1.52. The molecule has 0 saturated carbocycles. The molecular weight excluding hydrogens is 315 g/mol. The highest BCUT2D eigenvalue weighted by atomic mass is 19.4. The molecule has 2 unspecified atom stereocenters. The summed E-state index contributed by atoms with van der Waals surface area (Å²) in [6.07, 6.45) is -2.58. The zero-order valence-electron chi connectivity index (χ0n) is 15.6. The van der Waals surface area contributed by atoms with E-state index < -0.39 is 12.1 Å². The number of hydrogen-bond donors (Lipinski definition) is 0. The van der Waals surface area contributed by atoms with Crippen molar-refractivity contribution >= 4 is 5.91 Å². The number of carbonyl (C=O) groups is 1. The van der Waals surface area contributed by atoms with Crippen molar-refractivity contribution in [3.8, 4) is 0 Å². The van der Waals surface area contributed by atoms with Crippen LogP contribution in [0.25, 0.3) is 0 Å². The van der Waals surface area contributed by atoms with Gasteiger partial charge in [-0.15, -0.1) is 0 Å². The van der Waals surface area contributed by atoms with E-state index in [1.54, 1.807) is 4.90 Å². The van der Waals surface area contributed by atoms with Gasteiger partial charge >= 0.3 is 6.18 Å². The molecule has 0 aliphatic rings. The van der Waals surface area contributed by atoms with Crippen molar-refractivity contribution < 1.29 is 18.0 Å². The third-order valence-corrected chi connectivity index (χ3v) is 4.00. The van der Waals surface area contributed by atoms with Crippen LogP contribution >= 0.6 is 0 Å². The second-order valence-electron chi connectivity index (χ2n) is 5.64. The molecule has 5 heteroatoms. The van der Waals surface area contributed by atoms with Crippen molar-refractivity contribution in [3.63, 3.8) is 0 Å². The van der Waals surface area contributed by atoms with Crippen molar-refractivity contribution in [1.29, 1.82) is 0 Å². The largest absolute Gasteiger partial charge is 0.395 e. The zero-order chi connectivity index (χ0) is 18.9. The first-order valence-electron chi connectivity index (χ1n) is 8.69. The molecule has 0 saturated heterocycles. The Bertz CT molecular complexity index is 482. The lowest BCUT2D eigenvalue weighted by atomic mass is 9.99. The first-order chi connectivity index (χ1) is 11.2. The summed E-state index contributed by atoms with van der Waals surface area (Å²) in [5, 5.41) is 0. The Balaban J connectivity index is 0.00000254. The number of nitrogens with zero attached hydrogens (tertiary/aromatic N) is 1. The summed E-state index contributed by atoms with van der Waals surface area (Å²) >= 11 is 0.